The third kappa shape index (κ3) is 33.1. The molecule has 11 heteroatoms. The SMILES string of the molecule is C.CCOC(C)CCN=C(N)CCCSCC(C)(C)C(C)=O.CCOC(C)CCN=C(N)CCCSC[C-](C)C(C)=O.[Y]. The number of aliphatic imine (C=N–C) groups is 2. The van der Waals surface area contributed by atoms with Crippen LogP contribution in [0.1, 0.15) is 108 Å². The summed E-state index contributed by atoms with van der Waals surface area (Å²) in [5.41, 5.74) is 11.5. The molecule has 0 fully saturated rings. The van der Waals surface area contributed by atoms with Gasteiger partial charge in [-0.15, -0.1) is 5.75 Å². The molecule has 0 aliphatic rings. The van der Waals surface area contributed by atoms with Crippen LogP contribution in [0.25, 0.3) is 0 Å². The molecule has 0 aromatic carbocycles. The summed E-state index contributed by atoms with van der Waals surface area (Å²) >= 11 is 3.59. The fourth-order valence-corrected chi connectivity index (χ4v) is 5.35. The molecular formula is C32H65N4O4S2Y-. The van der Waals surface area contributed by atoms with Crippen LogP contribution in [-0.2, 0) is 51.8 Å². The van der Waals surface area contributed by atoms with Crippen molar-refractivity contribution in [2.24, 2.45) is 26.9 Å². The number of nitrogens with zero attached hydrogens (tertiary/aromatic N) is 2. The van der Waals surface area contributed by atoms with Gasteiger partial charge in [-0.3, -0.25) is 14.8 Å². The van der Waals surface area contributed by atoms with Crippen molar-refractivity contribution in [3.63, 3.8) is 0 Å². The van der Waals surface area contributed by atoms with E-state index in [1.807, 2.05) is 46.4 Å². The second-order valence-electron chi connectivity index (χ2n) is 10.9. The van der Waals surface area contributed by atoms with Gasteiger partial charge in [-0.05, 0) is 84.5 Å². The molecule has 0 bridgehead atoms. The zero-order chi connectivity index (χ0) is 31.7. The van der Waals surface area contributed by atoms with Crippen LogP contribution in [0.15, 0.2) is 9.98 Å². The maximum absolute atomic E-state index is 11.4. The number of carbonyl (C=O) groups excluding carboxylic acids is 2. The van der Waals surface area contributed by atoms with Gasteiger partial charge in [0.1, 0.15) is 5.78 Å². The number of ketones is 2. The van der Waals surface area contributed by atoms with E-state index in [-0.39, 0.29) is 69.3 Å². The summed E-state index contributed by atoms with van der Waals surface area (Å²) in [4.78, 5) is 31.2. The molecule has 253 valence electrons. The van der Waals surface area contributed by atoms with E-state index in [1.54, 1.807) is 25.6 Å². The van der Waals surface area contributed by atoms with Gasteiger partial charge >= 0.3 is 0 Å². The quantitative estimate of drug-likeness (QED) is 0.0483. The number of nitrogens with two attached hydrogens (primary N) is 2. The minimum atomic E-state index is -0.223. The van der Waals surface area contributed by atoms with Crippen molar-refractivity contribution < 1.29 is 51.8 Å². The topological polar surface area (TPSA) is 129 Å². The Balaban J connectivity index is -0.000000338. The fraction of sp³-hybridized carbons (Fsp3) is 0.844. The summed E-state index contributed by atoms with van der Waals surface area (Å²) in [6, 6.07) is 0. The molecular weight excluding hydrogens is 657 g/mol. The first-order chi connectivity index (χ1) is 19.3. The maximum atomic E-state index is 11.4. The summed E-state index contributed by atoms with van der Waals surface area (Å²) in [5, 5.41) is 0. The van der Waals surface area contributed by atoms with Crippen molar-refractivity contribution in [3.05, 3.63) is 5.92 Å². The number of carbonyl (C=O) groups is 2. The van der Waals surface area contributed by atoms with Gasteiger partial charge in [-0.25, -0.2) is 0 Å². The third-order valence-corrected chi connectivity index (χ3v) is 9.10. The number of thioether (sulfide) groups is 2. The number of rotatable bonds is 24. The zero-order valence-corrected chi connectivity index (χ0v) is 32.6. The van der Waals surface area contributed by atoms with Crippen molar-refractivity contribution in [1.29, 1.82) is 0 Å². The van der Waals surface area contributed by atoms with Gasteiger partial charge in [-0.2, -0.15) is 30.4 Å². The van der Waals surface area contributed by atoms with E-state index in [1.165, 1.54) is 0 Å². The average molecular weight is 723 g/mol. The Hall–Kier alpha value is -0.126. The van der Waals surface area contributed by atoms with E-state index in [9.17, 15) is 9.59 Å². The van der Waals surface area contributed by atoms with E-state index < -0.39 is 0 Å². The van der Waals surface area contributed by atoms with Crippen molar-refractivity contribution in [3.8, 4) is 0 Å². The molecule has 2 unspecified atom stereocenters. The van der Waals surface area contributed by atoms with Gasteiger partial charge in [0.2, 0.25) is 0 Å². The monoisotopic (exact) mass is 722 g/mol. The summed E-state index contributed by atoms with van der Waals surface area (Å²) in [5.74, 6) is 6.52. The predicted octanol–water partition coefficient (Wildman–Crippen LogP) is 6.78. The van der Waals surface area contributed by atoms with Crippen molar-refractivity contribution in [2.45, 2.75) is 120 Å². The van der Waals surface area contributed by atoms with Gasteiger partial charge in [-0.1, -0.05) is 21.3 Å². The molecule has 0 heterocycles. The molecule has 0 aromatic rings. The van der Waals surface area contributed by atoms with Crippen molar-refractivity contribution >= 4 is 46.8 Å². The second-order valence-corrected chi connectivity index (χ2v) is 13.2. The zero-order valence-electron chi connectivity index (χ0n) is 28.1. The summed E-state index contributed by atoms with van der Waals surface area (Å²) in [7, 11) is 0. The average Bonchev–Trinajstić information content (AvgIpc) is 2.88. The van der Waals surface area contributed by atoms with Crippen LogP contribution < -0.4 is 11.5 Å². The first-order valence-corrected chi connectivity index (χ1v) is 17.4. The molecule has 0 saturated heterocycles. The van der Waals surface area contributed by atoms with Gasteiger partial charge in [0.15, 0.2) is 0 Å². The third-order valence-electron chi connectivity index (χ3n) is 6.38. The summed E-state index contributed by atoms with van der Waals surface area (Å²) in [6.45, 7) is 20.2. The van der Waals surface area contributed by atoms with E-state index in [2.05, 4.69) is 23.8 Å². The Labute approximate surface area is 299 Å². The molecule has 0 amide bonds. The molecule has 0 aliphatic heterocycles. The Bertz CT molecular complexity index is 755. The number of amidine groups is 2. The van der Waals surface area contributed by atoms with E-state index in [0.717, 1.165) is 105 Å². The van der Waals surface area contributed by atoms with Crippen LogP contribution in [0.3, 0.4) is 0 Å². The first kappa shape index (κ1) is 49.7. The Morgan fingerprint density at radius 1 is 0.860 bits per heavy atom. The van der Waals surface area contributed by atoms with Gasteiger partial charge in [0.05, 0.1) is 23.9 Å². The van der Waals surface area contributed by atoms with E-state index in [4.69, 9.17) is 20.9 Å². The molecule has 1 radical (unpaired) electrons. The molecule has 43 heavy (non-hydrogen) atoms. The number of hydrogen-bond acceptors (Lipinski definition) is 8. The van der Waals surface area contributed by atoms with Crippen LogP contribution in [0.5, 0.6) is 0 Å². The Kier molecular flexibility index (Phi) is 36.8. The van der Waals surface area contributed by atoms with Crippen molar-refractivity contribution in [1.82, 2.24) is 0 Å². The van der Waals surface area contributed by atoms with Crippen LogP contribution in [0.4, 0.5) is 0 Å². The van der Waals surface area contributed by atoms with Gasteiger partial charge in [0.25, 0.3) is 0 Å². The van der Waals surface area contributed by atoms with E-state index in [0.29, 0.717) is 0 Å². The largest absolute Gasteiger partial charge is 0.387 e. The number of hydrogen-bond donors (Lipinski definition) is 2. The first-order valence-electron chi connectivity index (χ1n) is 15.1. The molecule has 2 atom stereocenters. The van der Waals surface area contributed by atoms with Gasteiger partial charge < -0.3 is 31.7 Å². The normalized spacial score (nSPS) is 13.1. The molecule has 0 rings (SSSR count). The molecule has 0 aliphatic carbocycles. The molecule has 8 nitrogen and oxygen atoms in total. The van der Waals surface area contributed by atoms with Crippen LogP contribution in [-0.4, -0.2) is 84.8 Å². The maximum Gasteiger partial charge on any atom is 0.136 e. The number of Topliss-reactive ketones (excluding diaryl/α,β-unsaturated/α-hetero) is 2. The molecule has 4 N–H and O–H groups in total. The second kappa shape index (κ2) is 31.8. The predicted molar refractivity (Wildman–Crippen MR) is 188 cm³/mol. The minimum Gasteiger partial charge on any atom is -0.387 e. The molecule has 0 aromatic heterocycles. The Morgan fingerprint density at radius 3 is 1.65 bits per heavy atom. The number of ether oxygens (including phenoxy) is 2. The molecule has 0 spiro atoms. The van der Waals surface area contributed by atoms with Crippen LogP contribution in [0.2, 0.25) is 0 Å². The molecule has 0 saturated carbocycles. The van der Waals surface area contributed by atoms with Gasteiger partial charge in [0, 0.05) is 83.0 Å². The standard InChI is InChI=1S/C16H32N2O2S.C15H29N2O2S.CH4.Y/c1-6-20-13(2)9-10-18-15(17)8-7-11-21-12-16(4,5)14(3)19;1-5-19-13(3)8-9-17-15(16)7-6-10-20-11-12(2)14(4)18;;/h13H,6-12H2,1-5H3,(H2,17,18);13H,5-11H2,1-4H3,(H2,16,17);1H4;/q;-1;;. The van der Waals surface area contributed by atoms with Crippen LogP contribution in [0, 0.1) is 11.3 Å². The smallest absolute Gasteiger partial charge is 0.136 e. The minimum absolute atomic E-state index is 0. The van der Waals surface area contributed by atoms with E-state index >= 15 is 0 Å². The summed E-state index contributed by atoms with van der Waals surface area (Å²) < 4.78 is 10.9. The van der Waals surface area contributed by atoms with Crippen LogP contribution >= 0.6 is 23.5 Å². The Morgan fingerprint density at radius 2 is 1.28 bits per heavy atom. The summed E-state index contributed by atoms with van der Waals surface area (Å²) in [6.07, 6.45) is 5.99. The van der Waals surface area contributed by atoms with Crippen molar-refractivity contribution in [2.75, 3.05) is 49.3 Å². The fourth-order valence-electron chi connectivity index (χ4n) is 3.14.